The summed E-state index contributed by atoms with van der Waals surface area (Å²) in [6, 6.07) is 18.9. The van der Waals surface area contributed by atoms with Crippen LogP contribution in [0.4, 0.5) is 0 Å². The first-order valence-corrected chi connectivity index (χ1v) is 7.42. The summed E-state index contributed by atoms with van der Waals surface area (Å²) >= 11 is 0. The molecule has 1 heterocycles. The number of hydrogen-bond acceptors (Lipinski definition) is 5. The quantitative estimate of drug-likeness (QED) is 0.498. The molecule has 1 aromatic heterocycles. The molecular weight excluding hydrogens is 320 g/mol. The summed E-state index contributed by atoms with van der Waals surface area (Å²) in [6.45, 7) is 0. The maximum atomic E-state index is 11.7. The molecule has 0 amide bonds. The van der Waals surface area contributed by atoms with Gasteiger partial charge < -0.3 is 5.11 Å². The Morgan fingerprint density at radius 2 is 1.44 bits per heavy atom. The van der Waals surface area contributed by atoms with Crippen LogP contribution in [0.1, 0.15) is 16.7 Å². The van der Waals surface area contributed by atoms with Crippen LogP contribution in [0.15, 0.2) is 80.5 Å². The number of nitrogens with one attached hydrogen (secondary N) is 2. The molecule has 2 aromatic carbocycles. The van der Waals surface area contributed by atoms with Crippen LogP contribution in [-0.4, -0.2) is 27.0 Å². The highest BCUT2D eigenvalue weighted by molar-refractivity contribution is 6.12. The Balaban J connectivity index is 2.03. The van der Waals surface area contributed by atoms with E-state index in [0.717, 1.165) is 17.3 Å². The van der Waals surface area contributed by atoms with Gasteiger partial charge in [-0.15, -0.1) is 5.10 Å². The first-order chi connectivity index (χ1) is 12.1. The van der Waals surface area contributed by atoms with Crippen LogP contribution in [-0.2, 0) is 0 Å². The number of aromatic nitrogens is 2. The molecule has 0 unspecified atom stereocenters. The van der Waals surface area contributed by atoms with E-state index in [9.17, 15) is 14.7 Å². The van der Waals surface area contributed by atoms with E-state index >= 15 is 0 Å². The molecule has 0 saturated carbocycles. The van der Waals surface area contributed by atoms with Crippen molar-refractivity contribution in [1.29, 1.82) is 0 Å². The Morgan fingerprint density at radius 1 is 0.880 bits per heavy atom. The van der Waals surface area contributed by atoms with Gasteiger partial charge in [0.1, 0.15) is 11.3 Å². The minimum absolute atomic E-state index is 0.177. The number of rotatable bonds is 4. The maximum Gasteiger partial charge on any atom is 0.328 e. The molecule has 0 atom stereocenters. The molecule has 7 heteroatoms. The minimum atomic E-state index is -0.794. The number of aromatic amines is 2. The van der Waals surface area contributed by atoms with Crippen LogP contribution in [0.3, 0.4) is 0 Å². The average Bonchev–Trinajstić information content (AvgIpc) is 2.62. The predicted molar refractivity (Wildman–Crippen MR) is 95.5 cm³/mol. The normalized spacial score (nSPS) is 10.7. The van der Waals surface area contributed by atoms with Gasteiger partial charge in [0.25, 0.3) is 5.56 Å². The third kappa shape index (κ3) is 3.78. The molecule has 0 fully saturated rings. The van der Waals surface area contributed by atoms with Crippen molar-refractivity contribution >= 4 is 11.9 Å². The predicted octanol–water partition coefficient (Wildman–Crippen LogP) is 1.64. The van der Waals surface area contributed by atoms with Gasteiger partial charge in [-0.25, -0.2) is 4.79 Å². The van der Waals surface area contributed by atoms with Crippen LogP contribution in [0.25, 0.3) is 0 Å². The van der Waals surface area contributed by atoms with Gasteiger partial charge in [-0.05, 0) is 0 Å². The zero-order valence-corrected chi connectivity index (χ0v) is 13.0. The molecule has 0 bridgehead atoms. The third-order valence-electron chi connectivity index (χ3n) is 3.40. The largest absolute Gasteiger partial charge is 0.494 e. The van der Waals surface area contributed by atoms with Crippen LogP contribution in [0, 0.1) is 0 Å². The van der Waals surface area contributed by atoms with Crippen LogP contribution >= 0.6 is 0 Å². The van der Waals surface area contributed by atoms with Gasteiger partial charge in [-0.2, -0.15) is 5.10 Å². The van der Waals surface area contributed by atoms with E-state index in [-0.39, 0.29) is 5.56 Å². The topological polar surface area (TPSA) is 111 Å². The lowest BCUT2D eigenvalue weighted by molar-refractivity contribution is 0.447. The van der Waals surface area contributed by atoms with E-state index in [1.807, 2.05) is 65.6 Å². The third-order valence-corrected chi connectivity index (χ3v) is 3.40. The van der Waals surface area contributed by atoms with Gasteiger partial charge in [-0.3, -0.25) is 14.8 Å². The van der Waals surface area contributed by atoms with E-state index in [2.05, 4.69) is 15.2 Å². The highest BCUT2D eigenvalue weighted by Gasteiger charge is 2.07. The van der Waals surface area contributed by atoms with E-state index in [1.54, 1.807) is 0 Å². The Labute approximate surface area is 142 Å². The summed E-state index contributed by atoms with van der Waals surface area (Å²) < 4.78 is 0. The van der Waals surface area contributed by atoms with Crippen molar-refractivity contribution in [1.82, 2.24) is 9.97 Å². The van der Waals surface area contributed by atoms with Crippen molar-refractivity contribution in [2.75, 3.05) is 0 Å². The second-order valence-corrected chi connectivity index (χ2v) is 5.10. The Hall–Kier alpha value is -3.74. The molecule has 0 aliphatic heterocycles. The lowest BCUT2D eigenvalue weighted by Crippen LogP contribution is -2.24. The van der Waals surface area contributed by atoms with Gasteiger partial charge in [0, 0.05) is 11.1 Å². The van der Waals surface area contributed by atoms with Crippen LogP contribution in [0.2, 0.25) is 0 Å². The molecule has 3 aromatic rings. The van der Waals surface area contributed by atoms with Crippen molar-refractivity contribution < 1.29 is 5.11 Å². The Kier molecular flexibility index (Phi) is 4.66. The van der Waals surface area contributed by atoms with Crippen molar-refractivity contribution in [2.24, 2.45) is 10.2 Å². The van der Waals surface area contributed by atoms with Gasteiger partial charge in [0.2, 0.25) is 5.88 Å². The summed E-state index contributed by atoms with van der Waals surface area (Å²) in [5.41, 5.74) is 0.594. The summed E-state index contributed by atoms with van der Waals surface area (Å²) in [5.74, 6) is -0.561. The second kappa shape index (κ2) is 7.22. The zero-order chi connectivity index (χ0) is 17.6. The second-order valence-electron chi connectivity index (χ2n) is 5.10. The van der Waals surface area contributed by atoms with Gasteiger partial charge in [-0.1, -0.05) is 60.7 Å². The van der Waals surface area contributed by atoms with Gasteiger partial charge >= 0.3 is 5.69 Å². The SMILES string of the molecule is O=c1[nH]c(O)c(/C=N/N=C(c2ccccc2)c2ccccc2)c(=O)[nH]1. The molecule has 3 rings (SSSR count). The van der Waals surface area contributed by atoms with Gasteiger partial charge in [0.15, 0.2) is 0 Å². The molecule has 3 N–H and O–H groups in total. The monoisotopic (exact) mass is 334 g/mol. The molecule has 0 spiro atoms. The number of aromatic hydroxyl groups is 1. The lowest BCUT2D eigenvalue weighted by atomic mass is 10.0. The molecule has 0 saturated heterocycles. The first kappa shape index (κ1) is 16.1. The van der Waals surface area contributed by atoms with Crippen molar-refractivity contribution in [3.8, 4) is 5.88 Å². The van der Waals surface area contributed by atoms with E-state index in [0.29, 0.717) is 5.71 Å². The van der Waals surface area contributed by atoms with E-state index in [1.165, 1.54) is 0 Å². The number of hydrogen-bond donors (Lipinski definition) is 3. The summed E-state index contributed by atoms with van der Waals surface area (Å²) in [5, 5.41) is 17.8. The average molecular weight is 334 g/mol. The number of benzene rings is 2. The fourth-order valence-corrected chi connectivity index (χ4v) is 2.22. The fourth-order valence-electron chi connectivity index (χ4n) is 2.22. The number of H-pyrrole nitrogens is 2. The summed E-state index contributed by atoms with van der Waals surface area (Å²) in [6.07, 6.45) is 1.09. The summed E-state index contributed by atoms with van der Waals surface area (Å²) in [7, 11) is 0. The van der Waals surface area contributed by atoms with Crippen molar-refractivity contribution in [2.45, 2.75) is 0 Å². The number of nitrogens with zero attached hydrogens (tertiary/aromatic N) is 2. The van der Waals surface area contributed by atoms with Crippen molar-refractivity contribution in [3.63, 3.8) is 0 Å². The molecule has 25 heavy (non-hydrogen) atoms. The highest BCUT2D eigenvalue weighted by Crippen LogP contribution is 2.11. The molecule has 0 aliphatic rings. The van der Waals surface area contributed by atoms with Gasteiger partial charge in [0.05, 0.1) is 6.21 Å². The Bertz CT molecular complexity index is 994. The fraction of sp³-hybridized carbons (Fsp3) is 0. The maximum absolute atomic E-state index is 11.7. The Morgan fingerprint density at radius 3 is 1.96 bits per heavy atom. The molecule has 0 radical (unpaired) electrons. The molecular formula is C18H14N4O3. The molecule has 0 aliphatic carbocycles. The molecule has 7 nitrogen and oxygen atoms in total. The molecule has 124 valence electrons. The highest BCUT2D eigenvalue weighted by atomic mass is 16.3. The van der Waals surface area contributed by atoms with Crippen LogP contribution in [0.5, 0.6) is 5.88 Å². The first-order valence-electron chi connectivity index (χ1n) is 7.42. The van der Waals surface area contributed by atoms with E-state index in [4.69, 9.17) is 0 Å². The lowest BCUT2D eigenvalue weighted by Gasteiger charge is -2.05. The van der Waals surface area contributed by atoms with E-state index < -0.39 is 17.1 Å². The smallest absolute Gasteiger partial charge is 0.328 e. The van der Waals surface area contributed by atoms with Crippen molar-refractivity contribution in [3.05, 3.63) is 98.2 Å². The summed E-state index contributed by atoms with van der Waals surface area (Å²) in [4.78, 5) is 26.9. The van der Waals surface area contributed by atoms with Crippen LogP contribution < -0.4 is 11.2 Å². The zero-order valence-electron chi connectivity index (χ0n) is 13.0. The standard InChI is InChI=1S/C18H14N4O3/c23-16-14(17(24)21-18(25)20-16)11-19-22-15(12-7-3-1-4-8-12)13-9-5-2-6-10-13/h1-11H,(H3,20,21,23,24,25)/b19-11+. The minimum Gasteiger partial charge on any atom is -0.494 e.